The predicted octanol–water partition coefficient (Wildman–Crippen LogP) is 8.04. The van der Waals surface area contributed by atoms with Crippen LogP contribution in [0.4, 0.5) is 5.69 Å². The van der Waals surface area contributed by atoms with Crippen molar-refractivity contribution >= 4 is 66.7 Å². The van der Waals surface area contributed by atoms with E-state index in [9.17, 15) is 18.0 Å². The summed E-state index contributed by atoms with van der Waals surface area (Å²) < 4.78 is 30.1. The fourth-order valence-electron chi connectivity index (χ4n) is 5.82. The highest BCUT2D eigenvalue weighted by Gasteiger charge is 2.35. The summed E-state index contributed by atoms with van der Waals surface area (Å²) in [6, 6.07) is 28.5. The Morgan fingerprint density at radius 3 is 2.13 bits per heavy atom. The van der Waals surface area contributed by atoms with Crippen LogP contribution in [0.15, 0.2) is 112 Å². The predicted molar refractivity (Wildman–Crippen MR) is 191 cm³/mol. The molecule has 0 bridgehead atoms. The first-order valence-corrected chi connectivity index (χ1v) is 18.5. The number of rotatable bonds is 12. The first-order chi connectivity index (χ1) is 22.6. The quantitative estimate of drug-likeness (QED) is 0.159. The average Bonchev–Trinajstić information content (AvgIpc) is 3.07. The van der Waals surface area contributed by atoms with E-state index in [4.69, 9.17) is 23.2 Å². The van der Waals surface area contributed by atoms with Crippen molar-refractivity contribution in [2.24, 2.45) is 0 Å². The first-order valence-electron chi connectivity index (χ1n) is 15.5. The molecule has 0 saturated heterocycles. The third kappa shape index (κ3) is 9.16. The van der Waals surface area contributed by atoms with Crippen molar-refractivity contribution in [3.63, 3.8) is 0 Å². The van der Waals surface area contributed by atoms with Gasteiger partial charge in [0.2, 0.25) is 11.8 Å². The van der Waals surface area contributed by atoms with Crippen molar-refractivity contribution in [3.8, 4) is 0 Å². The van der Waals surface area contributed by atoms with Gasteiger partial charge in [0, 0.05) is 23.5 Å². The van der Waals surface area contributed by atoms with E-state index in [1.54, 1.807) is 18.2 Å². The maximum absolute atomic E-state index is 14.6. The smallest absolute Gasteiger partial charge is 0.264 e. The number of anilines is 1. The lowest BCUT2D eigenvalue weighted by Gasteiger charge is -2.35. The second kappa shape index (κ2) is 16.2. The van der Waals surface area contributed by atoms with Crippen LogP contribution < -0.4 is 9.62 Å². The molecule has 4 aromatic carbocycles. The van der Waals surface area contributed by atoms with Gasteiger partial charge in [-0.15, -0.1) is 0 Å². The molecule has 246 valence electrons. The fourth-order valence-corrected chi connectivity index (χ4v) is 7.98. The SMILES string of the molecule is O=C(NC1CCCCC1)C(Cc1ccccc1)N(Cc1cccc(Br)c1)C(=O)CN(c1ccc(Cl)c(Cl)c1)S(=O)(=O)c1ccccc1. The molecule has 0 radical (unpaired) electrons. The van der Waals surface area contributed by atoms with Gasteiger partial charge in [-0.1, -0.05) is 119 Å². The molecule has 2 amide bonds. The van der Waals surface area contributed by atoms with Gasteiger partial charge < -0.3 is 10.2 Å². The Kier molecular flexibility index (Phi) is 12.0. The van der Waals surface area contributed by atoms with E-state index in [0.717, 1.165) is 52.0 Å². The molecule has 0 heterocycles. The third-order valence-corrected chi connectivity index (χ3v) is 11.3. The Labute approximate surface area is 295 Å². The number of nitrogens with one attached hydrogen (secondary N) is 1. The number of halogens is 3. The maximum Gasteiger partial charge on any atom is 0.264 e. The van der Waals surface area contributed by atoms with Gasteiger partial charge >= 0.3 is 0 Å². The van der Waals surface area contributed by atoms with Crippen LogP contribution in [-0.4, -0.2) is 43.8 Å². The van der Waals surface area contributed by atoms with Gasteiger partial charge in [0.15, 0.2) is 0 Å². The molecular weight excluding hydrogens is 721 g/mol. The summed E-state index contributed by atoms with van der Waals surface area (Å²) in [5.41, 5.74) is 1.83. The molecule has 4 aromatic rings. The standard InChI is InChI=1S/C36H36BrCl2N3O4S/c37-28-14-10-13-27(21-28)24-41(34(22-26-11-4-1-5-12-26)36(44)40-29-15-6-2-7-16-29)35(43)25-42(30-19-20-32(38)33(39)23-30)47(45,46)31-17-8-3-9-18-31/h1,3-5,8-14,17-21,23,29,34H,2,6-7,15-16,22,24-25H2,(H,40,44). The van der Waals surface area contributed by atoms with Crippen LogP contribution in [0.5, 0.6) is 0 Å². The lowest BCUT2D eigenvalue weighted by atomic mass is 9.94. The van der Waals surface area contributed by atoms with Crippen molar-refractivity contribution in [2.75, 3.05) is 10.8 Å². The molecule has 1 unspecified atom stereocenters. The van der Waals surface area contributed by atoms with Gasteiger partial charge in [-0.05, 0) is 66.4 Å². The van der Waals surface area contributed by atoms with Crippen LogP contribution in [0.2, 0.25) is 10.0 Å². The van der Waals surface area contributed by atoms with E-state index >= 15 is 0 Å². The summed E-state index contributed by atoms with van der Waals surface area (Å²) in [7, 11) is -4.24. The zero-order chi connectivity index (χ0) is 33.4. The minimum Gasteiger partial charge on any atom is -0.352 e. The Morgan fingerprint density at radius 2 is 1.47 bits per heavy atom. The molecule has 0 aromatic heterocycles. The van der Waals surface area contributed by atoms with Crippen LogP contribution >= 0.6 is 39.1 Å². The van der Waals surface area contributed by atoms with E-state index in [1.165, 1.54) is 35.2 Å². The fraction of sp³-hybridized carbons (Fsp3) is 0.278. The summed E-state index contributed by atoms with van der Waals surface area (Å²) in [5.74, 6) is -0.814. The molecule has 47 heavy (non-hydrogen) atoms. The molecule has 0 spiro atoms. The Balaban J connectivity index is 1.57. The van der Waals surface area contributed by atoms with E-state index in [-0.39, 0.29) is 45.5 Å². The molecule has 1 N–H and O–H groups in total. The number of carbonyl (C=O) groups excluding carboxylic acids is 2. The number of hydrogen-bond acceptors (Lipinski definition) is 4. The van der Waals surface area contributed by atoms with Crippen LogP contribution in [0.25, 0.3) is 0 Å². The number of carbonyl (C=O) groups is 2. The molecule has 7 nitrogen and oxygen atoms in total. The van der Waals surface area contributed by atoms with Gasteiger partial charge in [-0.3, -0.25) is 13.9 Å². The van der Waals surface area contributed by atoms with E-state index in [2.05, 4.69) is 21.2 Å². The second-order valence-corrected chi connectivity index (χ2v) is 15.2. The first kappa shape index (κ1) is 35.0. The summed E-state index contributed by atoms with van der Waals surface area (Å²) in [6.45, 7) is -0.500. The Hall–Kier alpha value is -3.37. The minimum atomic E-state index is -4.24. The normalized spacial score (nSPS) is 14.3. The molecule has 1 atom stereocenters. The van der Waals surface area contributed by atoms with Crippen LogP contribution in [-0.2, 0) is 32.6 Å². The van der Waals surface area contributed by atoms with Crippen molar-refractivity contribution < 1.29 is 18.0 Å². The zero-order valence-electron chi connectivity index (χ0n) is 25.7. The molecule has 11 heteroatoms. The van der Waals surface area contributed by atoms with Gasteiger partial charge in [-0.25, -0.2) is 8.42 Å². The number of benzene rings is 4. The lowest BCUT2D eigenvalue weighted by Crippen LogP contribution is -2.55. The van der Waals surface area contributed by atoms with E-state index < -0.39 is 28.5 Å². The van der Waals surface area contributed by atoms with Gasteiger partial charge in [0.1, 0.15) is 12.6 Å². The van der Waals surface area contributed by atoms with Gasteiger partial charge in [0.05, 0.1) is 20.6 Å². The lowest BCUT2D eigenvalue weighted by molar-refractivity contribution is -0.140. The van der Waals surface area contributed by atoms with Gasteiger partial charge in [-0.2, -0.15) is 0 Å². The number of amides is 2. The summed E-state index contributed by atoms with van der Waals surface area (Å²) in [5, 5.41) is 3.61. The van der Waals surface area contributed by atoms with Crippen LogP contribution in [0.3, 0.4) is 0 Å². The van der Waals surface area contributed by atoms with Crippen LogP contribution in [0, 0.1) is 0 Å². The molecular formula is C36H36BrCl2N3O4S. The topological polar surface area (TPSA) is 86.8 Å². The molecule has 1 fully saturated rings. The third-order valence-electron chi connectivity index (χ3n) is 8.27. The Morgan fingerprint density at radius 1 is 0.809 bits per heavy atom. The molecule has 1 saturated carbocycles. The summed E-state index contributed by atoms with van der Waals surface area (Å²) in [4.78, 5) is 30.3. The van der Waals surface area contributed by atoms with Crippen molar-refractivity contribution in [1.29, 1.82) is 0 Å². The summed E-state index contributed by atoms with van der Waals surface area (Å²) in [6.07, 6.45) is 5.20. The highest BCUT2D eigenvalue weighted by atomic mass is 79.9. The highest BCUT2D eigenvalue weighted by molar-refractivity contribution is 9.10. The van der Waals surface area contributed by atoms with E-state index in [1.807, 2.05) is 54.6 Å². The van der Waals surface area contributed by atoms with Crippen molar-refractivity contribution in [2.45, 2.75) is 62.0 Å². The summed E-state index contributed by atoms with van der Waals surface area (Å²) >= 11 is 16.0. The van der Waals surface area contributed by atoms with Gasteiger partial charge in [0.25, 0.3) is 10.0 Å². The van der Waals surface area contributed by atoms with Crippen molar-refractivity contribution in [1.82, 2.24) is 10.2 Å². The van der Waals surface area contributed by atoms with Crippen molar-refractivity contribution in [3.05, 3.63) is 129 Å². The largest absolute Gasteiger partial charge is 0.352 e. The van der Waals surface area contributed by atoms with E-state index in [0.29, 0.717) is 0 Å². The maximum atomic E-state index is 14.6. The number of sulfonamides is 1. The zero-order valence-corrected chi connectivity index (χ0v) is 29.6. The molecule has 0 aliphatic heterocycles. The van der Waals surface area contributed by atoms with Crippen LogP contribution in [0.1, 0.15) is 43.2 Å². The second-order valence-electron chi connectivity index (χ2n) is 11.6. The average molecular weight is 758 g/mol. The highest BCUT2D eigenvalue weighted by Crippen LogP contribution is 2.31. The molecule has 5 rings (SSSR count). The monoisotopic (exact) mass is 755 g/mol. The number of hydrogen-bond donors (Lipinski definition) is 1. The Bertz CT molecular complexity index is 1790. The molecule has 1 aliphatic rings. The minimum absolute atomic E-state index is 0.00768. The molecule has 1 aliphatic carbocycles. The number of nitrogens with zero attached hydrogens (tertiary/aromatic N) is 2.